The van der Waals surface area contributed by atoms with Gasteiger partial charge in [0.25, 0.3) is 0 Å². The Kier molecular flexibility index (Phi) is 40.0. The zero-order valence-electron chi connectivity index (χ0n) is 72.6. The molecule has 0 spiro atoms. The summed E-state index contributed by atoms with van der Waals surface area (Å²) in [6.45, 7) is 12.6. The second kappa shape index (κ2) is 51.3. The van der Waals surface area contributed by atoms with E-state index in [2.05, 4.69) is 512 Å². The van der Waals surface area contributed by atoms with Gasteiger partial charge in [-0.05, 0) is 148 Å². The van der Waals surface area contributed by atoms with Crippen LogP contribution in [0.2, 0.25) is 0 Å². The smallest absolute Gasteiger partial charge is 0 e. The Labute approximate surface area is 855 Å². The zero-order valence-corrected chi connectivity index (χ0v) is 89.2. The maximum atomic E-state index is 14.1. The predicted molar refractivity (Wildman–Crippen MR) is 588 cm³/mol. The van der Waals surface area contributed by atoms with Gasteiger partial charge in [-0.15, -0.1) is 22.7 Å². The number of benzene rings is 14. The fraction of sp³-hybridized carbons (Fsp3) is 0.0826. The summed E-state index contributed by atoms with van der Waals surface area (Å²) >= 11 is 16.3. The van der Waals surface area contributed by atoms with E-state index in [9.17, 15) is 8.78 Å². The molecule has 0 amide bonds. The van der Waals surface area contributed by atoms with Crippen molar-refractivity contribution in [1.82, 2.24) is 15.9 Å². The molecule has 6 aromatic heterocycles. The standard InChI is InChI=1S/4C18H15P.C15H19BO2S2.C15H8BrFN2S2Se.C6HBr2FN2Se.CH4.B.Pd/c4*1-4-10-16(11-5-1)19(17-12-6-2-7-13-17)18-14-8-3-9-15-18;1-10-6-7-11(19-10)12-8-9-13(20-12)16-17-14(2,3)15(4,5)18-16;1-7-2-3-11(20-7)12-5-4-10(21-12)8-6-9(17)13(16)15-14(8)18-22-19-15;7-2-1-3(9)4(8)6-5(2)10-12-11-6;;;/h4*1-15H;6-9H,1-5H3;2-6H,1H3;1H;1H4;;. The van der Waals surface area contributed by atoms with Gasteiger partial charge in [0.2, 0.25) is 0 Å². The molecule has 1 saturated heterocycles. The molecule has 0 N–H and O–H groups in total. The van der Waals surface area contributed by atoms with Crippen LogP contribution in [-0.4, -0.2) is 72.6 Å². The first-order chi connectivity index (χ1) is 63.4. The molecule has 0 bridgehead atoms. The van der Waals surface area contributed by atoms with Gasteiger partial charge in [-0.3, -0.25) is 0 Å². The van der Waals surface area contributed by atoms with Gasteiger partial charge in [0, 0.05) is 48.2 Å². The number of nitrogens with zero attached hydrogens (tertiary/aromatic N) is 4. The number of thiophene rings is 4. The van der Waals surface area contributed by atoms with Crippen molar-refractivity contribution in [2.45, 2.75) is 60.2 Å². The number of hydrogen-bond donors (Lipinski definition) is 0. The van der Waals surface area contributed by atoms with E-state index >= 15 is 0 Å². The predicted octanol–water partition coefficient (Wildman–Crippen LogP) is 25.8. The van der Waals surface area contributed by atoms with Crippen molar-refractivity contribution in [2.75, 3.05) is 0 Å². The Morgan fingerprint density at radius 3 is 0.774 bits per heavy atom. The summed E-state index contributed by atoms with van der Waals surface area (Å²) in [5, 5.41) is 16.8. The van der Waals surface area contributed by atoms with Crippen LogP contribution in [-0.2, 0) is 29.7 Å². The van der Waals surface area contributed by atoms with Gasteiger partial charge in [-0.1, -0.05) is 377 Å². The third-order valence-electron chi connectivity index (χ3n) is 20.9. The third kappa shape index (κ3) is 27.4. The van der Waals surface area contributed by atoms with Crippen LogP contribution >= 0.6 is 125 Å². The largest absolute Gasteiger partial charge is 0.0622 e. The first kappa shape index (κ1) is 104. The Balaban J connectivity index is 0.000000140. The zero-order chi connectivity index (χ0) is 90.2. The summed E-state index contributed by atoms with van der Waals surface area (Å²) < 4.78 is 59.1. The van der Waals surface area contributed by atoms with E-state index in [-0.39, 0.29) is 96.1 Å². The monoisotopic (exact) mass is 2300 g/mol. The van der Waals surface area contributed by atoms with E-state index in [0.29, 0.717) is 24.5 Å². The maximum absolute atomic E-state index is 14.1. The van der Waals surface area contributed by atoms with Crippen molar-refractivity contribution >= 4 is 261 Å². The number of hydrogen-bond acceptors (Lipinski definition) is 10. The molecule has 3 radical (unpaired) electrons. The molecule has 1 aliphatic heterocycles. The maximum Gasteiger partial charge on any atom is 0 e. The second-order valence-electron chi connectivity index (χ2n) is 30.4. The Morgan fingerprint density at radius 2 is 0.504 bits per heavy atom. The van der Waals surface area contributed by atoms with Crippen molar-refractivity contribution in [3.8, 4) is 29.9 Å². The van der Waals surface area contributed by atoms with Crippen molar-refractivity contribution < 1.29 is 38.5 Å². The molecule has 24 heteroatoms. The minimum absolute atomic E-state index is 0. The van der Waals surface area contributed by atoms with E-state index in [1.54, 1.807) is 40.1 Å². The van der Waals surface area contributed by atoms with Gasteiger partial charge < -0.3 is 9.31 Å². The van der Waals surface area contributed by atoms with Crippen LogP contribution in [0.5, 0.6) is 0 Å². The first-order valence-corrected chi connectivity index (χ1v) is 55.9. The van der Waals surface area contributed by atoms with Crippen LogP contribution in [0.15, 0.2) is 438 Å². The number of aromatic nitrogens is 4. The minimum Gasteiger partial charge on any atom is -0.0622 e. The van der Waals surface area contributed by atoms with Gasteiger partial charge >= 0.3 is 248 Å². The van der Waals surface area contributed by atoms with Crippen molar-refractivity contribution in [2.24, 2.45) is 0 Å². The molecular weight excluding hydrogens is 2210 g/mol. The number of halogens is 5. The average Bonchev–Trinajstić information content (AvgIpc) is 1.63. The van der Waals surface area contributed by atoms with Crippen LogP contribution in [0.1, 0.15) is 44.9 Å². The van der Waals surface area contributed by atoms with E-state index < -0.39 is 31.7 Å². The number of rotatable bonds is 16. The Bertz CT molecular complexity index is 6030. The van der Waals surface area contributed by atoms with Gasteiger partial charge in [0.1, 0.15) is 0 Å². The van der Waals surface area contributed by atoms with Crippen LogP contribution in [0.4, 0.5) is 8.78 Å². The minimum atomic E-state index is -0.446. The van der Waals surface area contributed by atoms with Crippen LogP contribution in [0.3, 0.4) is 0 Å². The quantitative estimate of drug-likeness (QED) is 0.0545. The van der Waals surface area contributed by atoms with Crippen LogP contribution in [0, 0.1) is 25.5 Å². The molecule has 21 rings (SSSR count). The summed E-state index contributed by atoms with van der Waals surface area (Å²) in [5.74, 6) is -0.593. The molecular formula is C109H92B2Br3F2N4O2P4PdS4Se2. The molecule has 6 nitrogen and oxygen atoms in total. The first-order valence-electron chi connectivity index (χ1n) is 41.8. The molecule has 0 aliphatic carbocycles. The second-order valence-corrected chi connectivity index (χ2v) is 48.8. The number of fused-ring (bicyclic) bond motifs is 2. The average molecular weight is 2310 g/mol. The van der Waals surface area contributed by atoms with Crippen molar-refractivity contribution in [3.63, 3.8) is 0 Å². The molecule has 20 aromatic rings. The van der Waals surface area contributed by atoms with Crippen LogP contribution in [0.25, 0.3) is 52.0 Å². The van der Waals surface area contributed by atoms with Gasteiger partial charge in [-0.25, -0.2) is 0 Å². The van der Waals surface area contributed by atoms with Gasteiger partial charge in [0.15, 0.2) is 0 Å². The Hall–Kier alpha value is -8.15. The van der Waals surface area contributed by atoms with Crippen molar-refractivity contribution in [3.05, 3.63) is 459 Å². The summed E-state index contributed by atoms with van der Waals surface area (Å²) in [6.07, 6.45) is 0. The van der Waals surface area contributed by atoms with Crippen molar-refractivity contribution in [1.29, 1.82) is 0 Å². The Morgan fingerprint density at radius 1 is 0.286 bits per heavy atom. The fourth-order valence-electron chi connectivity index (χ4n) is 13.9. The number of aryl methyl sites for hydroxylation is 2. The third-order valence-corrected chi connectivity index (χ3v) is 39.7. The van der Waals surface area contributed by atoms with Crippen LogP contribution < -0.4 is 68.4 Å². The fourth-order valence-corrected chi connectivity index (χ4v) is 31.5. The summed E-state index contributed by atoms with van der Waals surface area (Å²) in [6, 6.07) is 149. The molecule has 0 unspecified atom stereocenters. The summed E-state index contributed by atoms with van der Waals surface area (Å²) in [7, 11) is -2.03. The molecule has 133 heavy (non-hydrogen) atoms. The van der Waals surface area contributed by atoms with E-state index in [4.69, 9.17) is 9.31 Å². The molecule has 0 saturated carbocycles. The SMILES string of the molecule is C.Cc1ccc(-c2ccc(-c3cc(F)c(Br)c4n[se]nc34)s2)s1.Cc1ccc(-c2ccc(B3OC(C)(C)C(C)(C)O3)s2)s1.Fc1cc(Br)c2n[se]nc2c1Br.[B].[Pd].c1ccc(P(c2ccccc2)c2ccccc2)cc1.c1ccc(P(c2ccccc2)c2ccccc2)cc1.c1ccc(P(c2ccccc2)c2ccccc2)cc1.c1ccc(P(c2ccccc2)c2ccccc2)cc1. The molecule has 14 aromatic carbocycles. The van der Waals surface area contributed by atoms with Gasteiger partial charge in [-0.2, -0.15) is 0 Å². The molecule has 1 fully saturated rings. The molecule has 7 heterocycles. The normalized spacial score (nSPS) is 12.0. The molecule has 667 valence electrons. The van der Waals surface area contributed by atoms with Gasteiger partial charge in [0.05, 0.1) is 11.2 Å². The van der Waals surface area contributed by atoms with E-state index in [1.165, 1.54) is 99.0 Å². The van der Waals surface area contributed by atoms with E-state index in [0.717, 1.165) is 26.3 Å². The molecule has 0 atom stereocenters. The summed E-state index contributed by atoms with van der Waals surface area (Å²) in [5.41, 5.74) is 3.12. The summed E-state index contributed by atoms with van der Waals surface area (Å²) in [4.78, 5) is 8.70. The molecule has 1 aliphatic rings. The van der Waals surface area contributed by atoms with E-state index in [1.807, 2.05) is 17.4 Å². The topological polar surface area (TPSA) is 70.0 Å².